The number of carbonyl (C=O) groups excluding carboxylic acids is 1. The highest BCUT2D eigenvalue weighted by molar-refractivity contribution is 7.98. The second kappa shape index (κ2) is 4.66. The summed E-state index contributed by atoms with van der Waals surface area (Å²) in [6.07, 6.45) is 1.83. The van der Waals surface area contributed by atoms with Crippen LogP contribution in [0.25, 0.3) is 0 Å². The van der Waals surface area contributed by atoms with Crippen molar-refractivity contribution in [2.45, 2.75) is 5.16 Å². The maximum Gasteiger partial charge on any atom is 0.320 e. The third-order valence-electron chi connectivity index (χ3n) is 1.38. The molecular formula is C7H11N5OS. The van der Waals surface area contributed by atoms with Crippen molar-refractivity contribution < 1.29 is 4.79 Å². The lowest BCUT2D eigenvalue weighted by atomic mass is 10.5. The summed E-state index contributed by atoms with van der Waals surface area (Å²) >= 11 is 1.36. The van der Waals surface area contributed by atoms with Gasteiger partial charge in [0.15, 0.2) is 5.16 Å². The van der Waals surface area contributed by atoms with Crippen molar-refractivity contribution in [3.8, 4) is 0 Å². The number of carbonyl (C=O) groups is 1. The summed E-state index contributed by atoms with van der Waals surface area (Å²) in [6.45, 7) is 0. The molecule has 76 valence electrons. The van der Waals surface area contributed by atoms with E-state index in [-0.39, 0.29) is 6.03 Å². The van der Waals surface area contributed by atoms with Crippen molar-refractivity contribution in [3.05, 3.63) is 6.07 Å². The fourth-order valence-electron chi connectivity index (χ4n) is 0.777. The first-order chi connectivity index (χ1) is 6.65. The molecule has 1 rings (SSSR count). The van der Waals surface area contributed by atoms with Crippen molar-refractivity contribution in [1.82, 2.24) is 15.3 Å². The quantitative estimate of drug-likeness (QED) is 0.492. The Hall–Kier alpha value is -1.50. The lowest BCUT2D eigenvalue weighted by Gasteiger charge is -2.05. The highest BCUT2D eigenvalue weighted by Gasteiger charge is 2.03. The molecule has 2 amide bonds. The van der Waals surface area contributed by atoms with Gasteiger partial charge in [-0.25, -0.2) is 14.8 Å². The first-order valence-electron chi connectivity index (χ1n) is 3.83. The number of urea groups is 1. The maximum atomic E-state index is 11.0. The molecule has 1 aromatic rings. The molecule has 7 heteroatoms. The number of anilines is 2. The summed E-state index contributed by atoms with van der Waals surface area (Å²) < 4.78 is 0. The van der Waals surface area contributed by atoms with E-state index in [9.17, 15) is 4.79 Å². The zero-order valence-corrected chi connectivity index (χ0v) is 8.68. The number of nitrogens with zero attached hydrogens (tertiary/aromatic N) is 2. The van der Waals surface area contributed by atoms with E-state index in [1.165, 1.54) is 24.9 Å². The van der Waals surface area contributed by atoms with Crippen molar-refractivity contribution in [1.29, 1.82) is 0 Å². The summed E-state index contributed by atoms with van der Waals surface area (Å²) in [4.78, 5) is 18.9. The molecule has 0 unspecified atom stereocenters. The van der Waals surface area contributed by atoms with Gasteiger partial charge in [-0.15, -0.1) is 0 Å². The van der Waals surface area contributed by atoms with Crippen molar-refractivity contribution in [2.75, 3.05) is 24.4 Å². The van der Waals surface area contributed by atoms with Gasteiger partial charge in [0.2, 0.25) is 0 Å². The molecule has 0 atom stereocenters. The third-order valence-corrected chi connectivity index (χ3v) is 1.92. The molecule has 0 aromatic carbocycles. The van der Waals surface area contributed by atoms with E-state index in [0.29, 0.717) is 16.8 Å². The number of rotatable bonds is 2. The molecule has 0 saturated heterocycles. The van der Waals surface area contributed by atoms with E-state index < -0.39 is 0 Å². The Labute approximate surface area is 85.7 Å². The predicted molar refractivity (Wildman–Crippen MR) is 56.3 cm³/mol. The minimum atomic E-state index is -0.338. The average molecular weight is 213 g/mol. The van der Waals surface area contributed by atoms with Crippen LogP contribution in [0.2, 0.25) is 0 Å². The molecule has 0 aliphatic rings. The maximum absolute atomic E-state index is 11.0. The molecule has 1 heterocycles. The van der Waals surface area contributed by atoms with Gasteiger partial charge in [-0.3, -0.25) is 5.32 Å². The lowest BCUT2D eigenvalue weighted by Crippen LogP contribution is -2.25. The Kier molecular flexibility index (Phi) is 3.52. The van der Waals surface area contributed by atoms with Gasteiger partial charge in [0.05, 0.1) is 0 Å². The average Bonchev–Trinajstić information content (AvgIpc) is 2.16. The van der Waals surface area contributed by atoms with E-state index in [0.717, 1.165) is 0 Å². The van der Waals surface area contributed by atoms with Crippen LogP contribution >= 0.6 is 11.8 Å². The second-order valence-electron chi connectivity index (χ2n) is 2.37. The molecule has 0 aliphatic carbocycles. The summed E-state index contributed by atoms with van der Waals surface area (Å²) in [5.74, 6) is 0.719. The molecule has 4 N–H and O–H groups in total. The molecule has 0 aliphatic heterocycles. The van der Waals surface area contributed by atoms with Crippen LogP contribution in [-0.2, 0) is 0 Å². The first kappa shape index (κ1) is 10.6. The predicted octanol–water partition coefficient (Wildman–Crippen LogP) is 0.532. The normalized spacial score (nSPS) is 9.57. The van der Waals surface area contributed by atoms with Gasteiger partial charge < -0.3 is 11.1 Å². The topological polar surface area (TPSA) is 92.9 Å². The number of nitrogens with two attached hydrogens (primary N) is 1. The number of nitrogens with one attached hydrogen (secondary N) is 2. The Balaban J connectivity index is 2.86. The molecule has 0 radical (unpaired) electrons. The lowest BCUT2D eigenvalue weighted by molar-refractivity contribution is 0.254. The van der Waals surface area contributed by atoms with Crippen LogP contribution in [0.5, 0.6) is 0 Å². The van der Waals surface area contributed by atoms with Gasteiger partial charge in [-0.2, -0.15) is 0 Å². The largest absolute Gasteiger partial charge is 0.383 e. The number of hydrogen-bond acceptors (Lipinski definition) is 5. The van der Waals surface area contributed by atoms with E-state index in [4.69, 9.17) is 5.73 Å². The van der Waals surface area contributed by atoms with Crippen LogP contribution in [0, 0.1) is 0 Å². The van der Waals surface area contributed by atoms with E-state index in [2.05, 4.69) is 20.6 Å². The molecule has 14 heavy (non-hydrogen) atoms. The summed E-state index contributed by atoms with van der Waals surface area (Å²) in [7, 11) is 1.52. The molecular weight excluding hydrogens is 202 g/mol. The highest BCUT2D eigenvalue weighted by atomic mass is 32.2. The molecule has 0 fully saturated rings. The van der Waals surface area contributed by atoms with E-state index >= 15 is 0 Å². The summed E-state index contributed by atoms with van der Waals surface area (Å²) in [5.41, 5.74) is 5.52. The molecule has 0 bridgehead atoms. The SMILES string of the molecule is CNC(=O)Nc1cc(N)nc(SC)n1. The zero-order valence-electron chi connectivity index (χ0n) is 7.87. The summed E-state index contributed by atoms with van der Waals surface area (Å²) in [6, 6.07) is 1.16. The minimum absolute atomic E-state index is 0.329. The monoisotopic (exact) mass is 213 g/mol. The van der Waals surface area contributed by atoms with Crippen LogP contribution in [0.3, 0.4) is 0 Å². The second-order valence-corrected chi connectivity index (χ2v) is 3.14. The number of hydrogen-bond donors (Lipinski definition) is 3. The minimum Gasteiger partial charge on any atom is -0.383 e. The fraction of sp³-hybridized carbons (Fsp3) is 0.286. The Morgan fingerprint density at radius 3 is 2.86 bits per heavy atom. The standard InChI is InChI=1S/C7H11N5OS/c1-9-6(13)11-5-3-4(8)10-7(12-5)14-2/h3H,1-2H3,(H4,8,9,10,11,12,13). The van der Waals surface area contributed by atoms with Crippen LogP contribution in [-0.4, -0.2) is 29.3 Å². The van der Waals surface area contributed by atoms with E-state index in [1.807, 2.05) is 6.26 Å². The number of nitrogen functional groups attached to an aromatic ring is 1. The van der Waals surface area contributed by atoms with Gasteiger partial charge in [-0.1, -0.05) is 11.8 Å². The van der Waals surface area contributed by atoms with Gasteiger partial charge in [0.25, 0.3) is 0 Å². The zero-order chi connectivity index (χ0) is 10.6. The molecule has 0 spiro atoms. The number of amides is 2. The van der Waals surface area contributed by atoms with Crippen LogP contribution in [0.1, 0.15) is 0 Å². The number of thioether (sulfide) groups is 1. The number of aromatic nitrogens is 2. The smallest absolute Gasteiger partial charge is 0.320 e. The fourth-order valence-corrected chi connectivity index (χ4v) is 1.16. The summed E-state index contributed by atoms with van der Waals surface area (Å²) in [5, 5.41) is 5.45. The molecule has 0 saturated carbocycles. The van der Waals surface area contributed by atoms with Gasteiger partial charge in [0.1, 0.15) is 11.6 Å². The van der Waals surface area contributed by atoms with Crippen molar-refractivity contribution in [3.63, 3.8) is 0 Å². The Morgan fingerprint density at radius 1 is 1.57 bits per heavy atom. The molecule has 1 aromatic heterocycles. The van der Waals surface area contributed by atoms with Crippen molar-refractivity contribution >= 4 is 29.4 Å². The third kappa shape index (κ3) is 2.77. The highest BCUT2D eigenvalue weighted by Crippen LogP contribution is 2.14. The van der Waals surface area contributed by atoms with Crippen LogP contribution in [0.15, 0.2) is 11.2 Å². The van der Waals surface area contributed by atoms with Gasteiger partial charge >= 0.3 is 6.03 Å². The molecule has 6 nitrogen and oxygen atoms in total. The van der Waals surface area contributed by atoms with Crippen molar-refractivity contribution in [2.24, 2.45) is 0 Å². The van der Waals surface area contributed by atoms with E-state index in [1.54, 1.807) is 0 Å². The van der Waals surface area contributed by atoms with Crippen LogP contribution in [0.4, 0.5) is 16.4 Å². The Bertz CT molecular complexity index is 343. The first-order valence-corrected chi connectivity index (χ1v) is 5.05. The van der Waals surface area contributed by atoms with Gasteiger partial charge in [0, 0.05) is 13.1 Å². The Morgan fingerprint density at radius 2 is 2.29 bits per heavy atom. The van der Waals surface area contributed by atoms with Crippen LogP contribution < -0.4 is 16.4 Å². The van der Waals surface area contributed by atoms with Gasteiger partial charge in [-0.05, 0) is 6.26 Å².